The summed E-state index contributed by atoms with van der Waals surface area (Å²) < 4.78 is 27.7. The minimum Gasteiger partial charge on any atom is -0.340 e. The fraction of sp³-hybridized carbons (Fsp3) is 0.222. The molecular formula is C18H16F2N4. The molecule has 0 unspecified atom stereocenters. The Hall–Kier alpha value is -2.60. The van der Waals surface area contributed by atoms with Gasteiger partial charge in [-0.15, -0.1) is 0 Å². The van der Waals surface area contributed by atoms with Crippen LogP contribution in [0.25, 0.3) is 11.4 Å². The van der Waals surface area contributed by atoms with Gasteiger partial charge in [0.2, 0.25) is 0 Å². The van der Waals surface area contributed by atoms with Gasteiger partial charge < -0.3 is 4.98 Å². The number of imidazole rings is 1. The maximum absolute atomic E-state index is 13.8. The highest BCUT2D eigenvalue weighted by Gasteiger charge is 2.22. The zero-order valence-electron chi connectivity index (χ0n) is 13.0. The first-order valence-corrected chi connectivity index (χ1v) is 7.84. The molecule has 1 aliphatic heterocycles. The quantitative estimate of drug-likeness (QED) is 0.803. The SMILES string of the molecule is Fc1cccc(F)c1CN1CCc2nc(-c3cccnc3)[nH]c2C1. The molecule has 1 aliphatic rings. The van der Waals surface area contributed by atoms with E-state index in [0.29, 0.717) is 6.54 Å². The van der Waals surface area contributed by atoms with Gasteiger partial charge in [-0.25, -0.2) is 13.8 Å². The summed E-state index contributed by atoms with van der Waals surface area (Å²) in [5.74, 6) is -0.213. The number of aromatic nitrogens is 3. The van der Waals surface area contributed by atoms with E-state index >= 15 is 0 Å². The van der Waals surface area contributed by atoms with Crippen LogP contribution in [0.4, 0.5) is 8.78 Å². The molecular weight excluding hydrogens is 310 g/mol. The standard InChI is InChI=1S/C18H16F2N4/c19-14-4-1-5-15(20)13(14)10-24-8-6-16-17(11-24)23-18(22-16)12-3-2-7-21-9-12/h1-5,7,9H,6,8,10-11H2,(H,22,23). The number of hydrogen-bond acceptors (Lipinski definition) is 3. The maximum Gasteiger partial charge on any atom is 0.139 e. The third-order valence-corrected chi connectivity index (χ3v) is 4.29. The fourth-order valence-corrected chi connectivity index (χ4v) is 3.03. The monoisotopic (exact) mass is 326 g/mol. The number of benzene rings is 1. The second-order valence-electron chi connectivity index (χ2n) is 5.91. The average Bonchev–Trinajstić information content (AvgIpc) is 3.02. The molecule has 122 valence electrons. The van der Waals surface area contributed by atoms with Crippen LogP contribution < -0.4 is 0 Å². The molecule has 1 N–H and O–H groups in total. The van der Waals surface area contributed by atoms with E-state index in [9.17, 15) is 8.78 Å². The molecule has 0 atom stereocenters. The lowest BCUT2D eigenvalue weighted by atomic mass is 10.1. The zero-order valence-corrected chi connectivity index (χ0v) is 13.0. The first-order chi connectivity index (χ1) is 11.7. The highest BCUT2D eigenvalue weighted by Crippen LogP contribution is 2.24. The second kappa shape index (κ2) is 6.13. The van der Waals surface area contributed by atoms with Crippen LogP contribution in [0, 0.1) is 11.6 Å². The number of nitrogens with one attached hydrogen (secondary N) is 1. The molecule has 0 spiro atoms. The van der Waals surface area contributed by atoms with E-state index in [1.807, 2.05) is 17.0 Å². The molecule has 3 aromatic rings. The summed E-state index contributed by atoms with van der Waals surface area (Å²) in [6, 6.07) is 7.79. The van der Waals surface area contributed by atoms with Crippen molar-refractivity contribution < 1.29 is 8.78 Å². The van der Waals surface area contributed by atoms with Crippen LogP contribution in [-0.4, -0.2) is 26.4 Å². The van der Waals surface area contributed by atoms with Crippen molar-refractivity contribution in [2.24, 2.45) is 0 Å². The van der Waals surface area contributed by atoms with E-state index in [0.717, 1.165) is 35.7 Å². The normalized spacial score (nSPS) is 14.6. The number of pyridine rings is 1. The molecule has 6 heteroatoms. The molecule has 4 nitrogen and oxygen atoms in total. The largest absolute Gasteiger partial charge is 0.340 e. The van der Waals surface area contributed by atoms with Crippen LogP contribution in [0.3, 0.4) is 0 Å². The van der Waals surface area contributed by atoms with E-state index in [1.165, 1.54) is 18.2 Å². The van der Waals surface area contributed by atoms with Crippen LogP contribution in [0.2, 0.25) is 0 Å². The third-order valence-electron chi connectivity index (χ3n) is 4.29. The Balaban J connectivity index is 1.55. The van der Waals surface area contributed by atoms with Crippen LogP contribution in [0.1, 0.15) is 17.0 Å². The summed E-state index contributed by atoms with van der Waals surface area (Å²) >= 11 is 0. The molecule has 0 bridgehead atoms. The van der Waals surface area contributed by atoms with Crippen LogP contribution in [0.5, 0.6) is 0 Å². The lowest BCUT2D eigenvalue weighted by Crippen LogP contribution is -2.30. The molecule has 0 aliphatic carbocycles. The van der Waals surface area contributed by atoms with Gasteiger partial charge in [-0.3, -0.25) is 9.88 Å². The van der Waals surface area contributed by atoms with E-state index in [1.54, 1.807) is 12.4 Å². The summed E-state index contributed by atoms with van der Waals surface area (Å²) in [4.78, 5) is 14.1. The topological polar surface area (TPSA) is 44.8 Å². The van der Waals surface area contributed by atoms with Crippen LogP contribution in [0.15, 0.2) is 42.7 Å². The Kier molecular flexibility index (Phi) is 3.82. The van der Waals surface area contributed by atoms with Crippen molar-refractivity contribution in [2.75, 3.05) is 6.54 Å². The maximum atomic E-state index is 13.8. The molecule has 2 aromatic heterocycles. The molecule has 24 heavy (non-hydrogen) atoms. The second-order valence-corrected chi connectivity index (χ2v) is 5.91. The Morgan fingerprint density at radius 2 is 1.96 bits per heavy atom. The summed E-state index contributed by atoms with van der Waals surface area (Å²) in [6.45, 7) is 1.56. The van der Waals surface area contributed by atoms with E-state index < -0.39 is 11.6 Å². The third kappa shape index (κ3) is 2.80. The van der Waals surface area contributed by atoms with Gasteiger partial charge in [-0.05, 0) is 24.3 Å². The molecule has 0 saturated heterocycles. The van der Waals surface area contributed by atoms with Gasteiger partial charge in [0, 0.05) is 49.6 Å². The van der Waals surface area contributed by atoms with Gasteiger partial charge >= 0.3 is 0 Å². The summed E-state index contributed by atoms with van der Waals surface area (Å²) in [5.41, 5.74) is 3.06. The van der Waals surface area contributed by atoms with Crippen molar-refractivity contribution >= 4 is 0 Å². The van der Waals surface area contributed by atoms with Crippen molar-refractivity contribution in [1.29, 1.82) is 0 Å². The molecule has 0 fully saturated rings. The first-order valence-electron chi connectivity index (χ1n) is 7.84. The zero-order chi connectivity index (χ0) is 16.5. The predicted octanol–water partition coefficient (Wildman–Crippen LogP) is 3.31. The van der Waals surface area contributed by atoms with Gasteiger partial charge in [0.1, 0.15) is 17.5 Å². The van der Waals surface area contributed by atoms with Gasteiger partial charge in [0.25, 0.3) is 0 Å². The highest BCUT2D eigenvalue weighted by molar-refractivity contribution is 5.54. The Morgan fingerprint density at radius 1 is 1.12 bits per heavy atom. The average molecular weight is 326 g/mol. The number of nitrogens with zero attached hydrogens (tertiary/aromatic N) is 3. The van der Waals surface area contributed by atoms with Crippen molar-refractivity contribution in [1.82, 2.24) is 19.9 Å². The number of rotatable bonds is 3. The Bertz CT molecular complexity index is 840. The molecule has 0 saturated carbocycles. The van der Waals surface area contributed by atoms with Crippen molar-refractivity contribution in [2.45, 2.75) is 19.5 Å². The predicted molar refractivity (Wildman–Crippen MR) is 86.0 cm³/mol. The van der Waals surface area contributed by atoms with E-state index in [4.69, 9.17) is 0 Å². The van der Waals surface area contributed by atoms with Gasteiger partial charge in [0.05, 0.1) is 11.4 Å². The summed E-state index contributed by atoms with van der Waals surface area (Å²) in [5, 5.41) is 0. The van der Waals surface area contributed by atoms with E-state index in [-0.39, 0.29) is 12.1 Å². The van der Waals surface area contributed by atoms with Gasteiger partial charge in [0.15, 0.2) is 0 Å². The minimum absolute atomic E-state index is 0.118. The molecule has 3 heterocycles. The van der Waals surface area contributed by atoms with E-state index in [2.05, 4.69) is 15.0 Å². The number of H-pyrrole nitrogens is 1. The fourth-order valence-electron chi connectivity index (χ4n) is 3.03. The van der Waals surface area contributed by atoms with Gasteiger partial charge in [-0.1, -0.05) is 6.07 Å². The summed E-state index contributed by atoms with van der Waals surface area (Å²) in [6.07, 6.45) is 4.23. The van der Waals surface area contributed by atoms with Crippen molar-refractivity contribution in [3.05, 3.63) is 71.3 Å². The Labute approximate surface area is 138 Å². The van der Waals surface area contributed by atoms with Crippen molar-refractivity contribution in [3.8, 4) is 11.4 Å². The molecule has 1 aromatic carbocycles. The number of fused-ring (bicyclic) bond motifs is 1. The highest BCUT2D eigenvalue weighted by atomic mass is 19.1. The van der Waals surface area contributed by atoms with Crippen LogP contribution >= 0.6 is 0 Å². The number of aromatic amines is 1. The first kappa shape index (κ1) is 15.0. The molecule has 0 radical (unpaired) electrons. The Morgan fingerprint density at radius 3 is 2.71 bits per heavy atom. The van der Waals surface area contributed by atoms with Gasteiger partial charge in [-0.2, -0.15) is 0 Å². The van der Waals surface area contributed by atoms with Crippen molar-refractivity contribution in [3.63, 3.8) is 0 Å². The lowest BCUT2D eigenvalue weighted by Gasteiger charge is -2.26. The lowest BCUT2D eigenvalue weighted by molar-refractivity contribution is 0.234. The smallest absolute Gasteiger partial charge is 0.139 e. The van der Waals surface area contributed by atoms with Crippen LogP contribution in [-0.2, 0) is 19.5 Å². The number of hydrogen-bond donors (Lipinski definition) is 1. The summed E-state index contributed by atoms with van der Waals surface area (Å²) in [7, 11) is 0. The molecule has 0 amide bonds. The number of halogens is 2. The minimum atomic E-state index is -0.499. The molecule has 4 rings (SSSR count).